The van der Waals surface area contributed by atoms with Gasteiger partial charge in [-0.1, -0.05) is 25.7 Å². The van der Waals surface area contributed by atoms with E-state index in [4.69, 9.17) is 4.74 Å². The number of nitrogens with zero attached hydrogens (tertiary/aromatic N) is 4. The lowest BCUT2D eigenvalue weighted by molar-refractivity contribution is 0.0313. The molecule has 0 spiro atoms. The molecule has 34 heavy (non-hydrogen) atoms. The molecular weight excluding hydrogens is 432 g/mol. The first-order valence-electron chi connectivity index (χ1n) is 11.6. The van der Waals surface area contributed by atoms with E-state index < -0.39 is 6.10 Å². The van der Waals surface area contributed by atoms with E-state index in [2.05, 4.69) is 28.7 Å². The lowest BCUT2D eigenvalue weighted by atomic mass is 9.99. The Bertz CT molecular complexity index is 1060. The van der Waals surface area contributed by atoms with Crippen LogP contribution in [0.2, 0.25) is 0 Å². The number of aliphatic hydroxyl groups excluding tert-OH is 1. The molecule has 0 radical (unpaired) electrons. The molecule has 3 atom stereocenters. The van der Waals surface area contributed by atoms with Crippen molar-refractivity contribution in [3.05, 3.63) is 53.5 Å². The largest absolute Gasteiger partial charge is 0.472 e. The van der Waals surface area contributed by atoms with Crippen molar-refractivity contribution >= 4 is 11.8 Å². The molecule has 8 nitrogen and oxygen atoms in total. The van der Waals surface area contributed by atoms with Crippen molar-refractivity contribution < 1.29 is 19.4 Å². The van der Waals surface area contributed by atoms with Gasteiger partial charge >= 0.3 is 0 Å². The number of carbonyl (C=O) groups excluding carboxylic acids is 2. The van der Waals surface area contributed by atoms with Gasteiger partial charge in [0.2, 0.25) is 5.88 Å². The zero-order valence-corrected chi connectivity index (χ0v) is 20.2. The Morgan fingerprint density at radius 2 is 2.21 bits per heavy atom. The molecule has 0 aliphatic carbocycles. The Balaban J connectivity index is 1.93. The average molecular weight is 465 g/mol. The van der Waals surface area contributed by atoms with Crippen LogP contribution in [0.1, 0.15) is 59.9 Å². The highest BCUT2D eigenvalue weighted by molar-refractivity contribution is 5.97. The second-order valence-electron chi connectivity index (χ2n) is 8.68. The molecule has 1 aliphatic rings. The highest BCUT2D eigenvalue weighted by atomic mass is 16.5. The minimum atomic E-state index is -0.421. The van der Waals surface area contributed by atoms with Crippen LogP contribution in [0.5, 0.6) is 5.88 Å². The number of ether oxygens (including phenoxy) is 1. The predicted octanol–water partition coefficient (Wildman–Crippen LogP) is 2.62. The average Bonchev–Trinajstić information content (AvgIpc) is 2.86. The summed E-state index contributed by atoms with van der Waals surface area (Å²) >= 11 is 0. The summed E-state index contributed by atoms with van der Waals surface area (Å²) in [4.78, 5) is 38.0. The van der Waals surface area contributed by atoms with Gasteiger partial charge in [-0.3, -0.25) is 14.6 Å². The van der Waals surface area contributed by atoms with Gasteiger partial charge in [-0.15, -0.1) is 0 Å². The molecule has 8 heteroatoms. The molecule has 1 N–H and O–H groups in total. The fourth-order valence-electron chi connectivity index (χ4n) is 3.74. The van der Waals surface area contributed by atoms with Gasteiger partial charge in [0.1, 0.15) is 11.7 Å². The van der Waals surface area contributed by atoms with Crippen molar-refractivity contribution in [2.45, 2.75) is 45.8 Å². The van der Waals surface area contributed by atoms with Gasteiger partial charge in [-0.25, -0.2) is 4.98 Å². The van der Waals surface area contributed by atoms with Crippen LogP contribution in [-0.4, -0.2) is 75.6 Å². The Morgan fingerprint density at radius 1 is 1.41 bits per heavy atom. The summed E-state index contributed by atoms with van der Waals surface area (Å²) in [5.74, 6) is 5.78. The van der Waals surface area contributed by atoms with Gasteiger partial charge in [-0.05, 0) is 31.5 Å². The van der Waals surface area contributed by atoms with Gasteiger partial charge in [0.05, 0.1) is 24.8 Å². The molecule has 2 aromatic heterocycles. The zero-order chi connectivity index (χ0) is 24.7. The van der Waals surface area contributed by atoms with Crippen molar-refractivity contribution in [3.8, 4) is 17.7 Å². The first-order chi connectivity index (χ1) is 16.3. The molecule has 3 rings (SSSR count). The summed E-state index contributed by atoms with van der Waals surface area (Å²) in [6.45, 7) is 6.32. The molecule has 0 aromatic carbocycles. The second kappa shape index (κ2) is 11.6. The van der Waals surface area contributed by atoms with E-state index >= 15 is 0 Å². The van der Waals surface area contributed by atoms with Crippen LogP contribution in [-0.2, 0) is 0 Å². The van der Waals surface area contributed by atoms with E-state index in [9.17, 15) is 14.7 Å². The topological polar surface area (TPSA) is 95.9 Å². The highest BCUT2D eigenvalue weighted by Crippen LogP contribution is 2.27. The third-order valence-corrected chi connectivity index (χ3v) is 5.84. The van der Waals surface area contributed by atoms with E-state index in [0.717, 1.165) is 12.8 Å². The van der Waals surface area contributed by atoms with Crippen LogP contribution in [0.3, 0.4) is 0 Å². The van der Waals surface area contributed by atoms with Crippen LogP contribution in [0, 0.1) is 17.8 Å². The van der Waals surface area contributed by atoms with Crippen molar-refractivity contribution in [2.75, 3.05) is 26.7 Å². The molecule has 0 saturated carbocycles. The molecule has 0 saturated heterocycles. The van der Waals surface area contributed by atoms with E-state index in [1.807, 2.05) is 6.92 Å². The number of rotatable bonds is 6. The summed E-state index contributed by atoms with van der Waals surface area (Å²) in [7, 11) is 1.71. The summed E-state index contributed by atoms with van der Waals surface area (Å²) in [6.07, 6.45) is 6.03. The SMILES string of the molecule is CCCC#Cc1cnc2c(c1)C(=O)N([C@@H](C)CO)C[C@H](C)[C@@H](CN(C)C(=O)c1cccnc1)O2. The molecule has 2 amide bonds. The van der Waals surface area contributed by atoms with Crippen molar-refractivity contribution in [1.82, 2.24) is 19.8 Å². The van der Waals surface area contributed by atoms with Crippen LogP contribution in [0.25, 0.3) is 0 Å². The number of likely N-dealkylation sites (N-methyl/N-ethyl adjacent to an activating group) is 1. The fraction of sp³-hybridized carbons (Fsp3) is 0.462. The Hall–Kier alpha value is -3.44. The van der Waals surface area contributed by atoms with Crippen LogP contribution in [0.15, 0.2) is 36.8 Å². The monoisotopic (exact) mass is 464 g/mol. The summed E-state index contributed by atoms with van der Waals surface area (Å²) in [5.41, 5.74) is 1.43. The number of amides is 2. The third-order valence-electron chi connectivity index (χ3n) is 5.84. The minimum Gasteiger partial charge on any atom is -0.472 e. The van der Waals surface area contributed by atoms with Gasteiger partial charge in [0.15, 0.2) is 0 Å². The minimum absolute atomic E-state index is 0.124. The molecule has 3 heterocycles. The number of carbonyl (C=O) groups is 2. The van der Waals surface area contributed by atoms with Gasteiger partial charge in [-0.2, -0.15) is 0 Å². The molecule has 0 fully saturated rings. The van der Waals surface area contributed by atoms with E-state index in [1.165, 1.54) is 6.20 Å². The Morgan fingerprint density at radius 3 is 2.88 bits per heavy atom. The lowest BCUT2D eigenvalue weighted by Crippen LogP contribution is -2.50. The first kappa shape index (κ1) is 25.2. The number of fused-ring (bicyclic) bond motifs is 1. The second-order valence-corrected chi connectivity index (χ2v) is 8.68. The first-order valence-corrected chi connectivity index (χ1v) is 11.6. The number of hydrogen-bond donors (Lipinski definition) is 1. The zero-order valence-electron chi connectivity index (χ0n) is 20.2. The predicted molar refractivity (Wildman–Crippen MR) is 128 cm³/mol. The van der Waals surface area contributed by atoms with Crippen molar-refractivity contribution in [2.24, 2.45) is 5.92 Å². The smallest absolute Gasteiger partial charge is 0.259 e. The summed E-state index contributed by atoms with van der Waals surface area (Å²) in [6, 6.07) is 4.75. The van der Waals surface area contributed by atoms with Gasteiger partial charge < -0.3 is 19.6 Å². The van der Waals surface area contributed by atoms with E-state index in [0.29, 0.717) is 29.8 Å². The number of aromatic nitrogens is 2. The maximum Gasteiger partial charge on any atom is 0.259 e. The summed E-state index contributed by atoms with van der Waals surface area (Å²) in [5, 5.41) is 9.79. The number of unbranched alkanes of at least 4 members (excludes halogenated alkanes) is 1. The number of pyridine rings is 2. The van der Waals surface area contributed by atoms with Crippen molar-refractivity contribution in [3.63, 3.8) is 0 Å². The molecule has 1 aliphatic heterocycles. The van der Waals surface area contributed by atoms with E-state index in [1.54, 1.807) is 54.4 Å². The fourth-order valence-corrected chi connectivity index (χ4v) is 3.74. The molecule has 180 valence electrons. The highest BCUT2D eigenvalue weighted by Gasteiger charge is 2.34. The maximum absolute atomic E-state index is 13.4. The maximum atomic E-state index is 13.4. The summed E-state index contributed by atoms with van der Waals surface area (Å²) < 4.78 is 6.24. The van der Waals surface area contributed by atoms with Gasteiger partial charge in [0, 0.05) is 50.1 Å². The molecule has 0 bridgehead atoms. The Kier molecular flexibility index (Phi) is 8.61. The molecule has 2 aromatic rings. The van der Waals surface area contributed by atoms with Gasteiger partial charge in [0.25, 0.3) is 11.8 Å². The molecular formula is C26H32N4O4. The number of aliphatic hydroxyl groups is 1. The lowest BCUT2D eigenvalue weighted by Gasteiger charge is -2.37. The van der Waals surface area contributed by atoms with Crippen LogP contribution >= 0.6 is 0 Å². The Labute approximate surface area is 201 Å². The van der Waals surface area contributed by atoms with Crippen LogP contribution < -0.4 is 4.74 Å². The quantitative estimate of drug-likeness (QED) is 0.661. The van der Waals surface area contributed by atoms with E-state index in [-0.39, 0.29) is 36.3 Å². The van der Waals surface area contributed by atoms with Crippen LogP contribution in [0.4, 0.5) is 0 Å². The van der Waals surface area contributed by atoms with Crippen molar-refractivity contribution in [1.29, 1.82) is 0 Å². The normalized spacial score (nSPS) is 18.5. The molecule has 0 unspecified atom stereocenters. The standard InChI is InChI=1S/C26H32N4O4/c1-5-6-7-9-20-12-22-24(28-13-20)34-23(18(2)15-30(26(22)33)19(3)17-31)16-29(4)25(32)21-10-8-11-27-14-21/h8,10-14,18-19,23,31H,5-6,15-17H2,1-4H3/t18-,19-,23+/m0/s1. The number of hydrogen-bond acceptors (Lipinski definition) is 6. The third kappa shape index (κ3) is 5.91.